The van der Waals surface area contributed by atoms with Crippen LogP contribution in [-0.2, 0) is 0 Å². The van der Waals surface area contributed by atoms with Crippen molar-refractivity contribution in [3.63, 3.8) is 0 Å². The van der Waals surface area contributed by atoms with Crippen molar-refractivity contribution in [2.45, 2.75) is 0 Å². The average Bonchev–Trinajstić information content (AvgIpc) is 3.38. The largest absolute Gasteiger partial charge is 0.497 e. The average molecular weight is 411 g/mol. The Morgan fingerprint density at radius 2 is 1.86 bits per heavy atom. The summed E-state index contributed by atoms with van der Waals surface area (Å²) in [4.78, 5) is 12.6. The monoisotopic (exact) mass is 410 g/mol. The molecule has 0 spiro atoms. The molecule has 0 saturated carbocycles. The van der Waals surface area contributed by atoms with Crippen molar-refractivity contribution in [3.05, 3.63) is 67.1 Å². The number of nitrogens with one attached hydrogen (secondary N) is 2. The number of furan rings is 1. The molecule has 2 aromatic carbocycles. The minimum atomic E-state index is 0. The van der Waals surface area contributed by atoms with Gasteiger partial charge in [0.1, 0.15) is 11.3 Å². The van der Waals surface area contributed by atoms with E-state index in [0.29, 0.717) is 11.6 Å². The Labute approximate surface area is 172 Å². The van der Waals surface area contributed by atoms with E-state index in [9.17, 15) is 0 Å². The molecule has 148 valence electrons. The predicted molar refractivity (Wildman–Crippen MR) is 116 cm³/mol. The highest BCUT2D eigenvalue weighted by atomic mass is 35.5. The van der Waals surface area contributed by atoms with Gasteiger partial charge < -0.3 is 24.9 Å². The summed E-state index contributed by atoms with van der Waals surface area (Å²) in [6.45, 7) is 0. The van der Waals surface area contributed by atoms with Crippen molar-refractivity contribution in [3.8, 4) is 17.3 Å². The van der Waals surface area contributed by atoms with E-state index in [-0.39, 0.29) is 17.9 Å². The lowest BCUT2D eigenvalue weighted by Crippen LogP contribution is -1.93. The number of methoxy groups -OCH3 is 1. The highest BCUT2D eigenvalue weighted by Crippen LogP contribution is 2.32. The minimum absolute atomic E-state index is 0. The second kappa shape index (κ2) is 8.22. The number of halogens is 1. The SMILES string of the molecule is COc1ccc(Nc2ccnc3ccc4[nH]c(-c5ccco5)nc4c23)cc1.Cl.O. The van der Waals surface area contributed by atoms with Crippen LogP contribution in [0.25, 0.3) is 33.5 Å². The molecule has 0 bridgehead atoms. The summed E-state index contributed by atoms with van der Waals surface area (Å²) in [5.41, 5.74) is 4.55. The van der Waals surface area contributed by atoms with Gasteiger partial charge in [0.25, 0.3) is 0 Å². The Balaban J connectivity index is 0.00000120. The lowest BCUT2D eigenvalue weighted by Gasteiger charge is -2.10. The molecule has 0 aliphatic rings. The van der Waals surface area contributed by atoms with Crippen LogP contribution in [-0.4, -0.2) is 27.5 Å². The highest BCUT2D eigenvalue weighted by molar-refractivity contribution is 6.10. The first-order valence-corrected chi connectivity index (χ1v) is 8.54. The fourth-order valence-electron chi connectivity index (χ4n) is 3.18. The third-order valence-electron chi connectivity index (χ3n) is 4.48. The highest BCUT2D eigenvalue weighted by Gasteiger charge is 2.13. The van der Waals surface area contributed by atoms with E-state index in [0.717, 1.165) is 39.1 Å². The van der Waals surface area contributed by atoms with Crippen molar-refractivity contribution in [2.24, 2.45) is 0 Å². The molecule has 0 aliphatic carbocycles. The zero-order valence-electron chi connectivity index (χ0n) is 15.5. The molecular weight excluding hydrogens is 392 g/mol. The van der Waals surface area contributed by atoms with Gasteiger partial charge in [0.05, 0.1) is 35.5 Å². The number of pyridine rings is 1. The maximum absolute atomic E-state index is 5.47. The molecule has 0 atom stereocenters. The molecule has 0 unspecified atom stereocenters. The first-order valence-electron chi connectivity index (χ1n) is 8.54. The van der Waals surface area contributed by atoms with Crippen LogP contribution in [0.2, 0.25) is 0 Å². The summed E-state index contributed by atoms with van der Waals surface area (Å²) in [6, 6.07) is 17.5. The molecule has 3 aromatic heterocycles. The molecule has 4 N–H and O–H groups in total. The number of imidazole rings is 1. The van der Waals surface area contributed by atoms with Crippen LogP contribution >= 0.6 is 12.4 Å². The fraction of sp³-hybridized carbons (Fsp3) is 0.0476. The van der Waals surface area contributed by atoms with Gasteiger partial charge in [0.15, 0.2) is 11.6 Å². The quantitative estimate of drug-likeness (QED) is 0.445. The topological polar surface area (TPSA) is 107 Å². The standard InChI is InChI=1S/C21H16N4O2.ClH.H2O/c1-26-14-6-4-13(5-7-14)23-16-10-11-22-15-8-9-17-20(19(15)16)25-21(24-17)18-3-2-12-27-18;;/h2-12H,1H3,(H,22,23)(H,24,25);1H;1H2. The fourth-order valence-corrected chi connectivity index (χ4v) is 3.18. The summed E-state index contributed by atoms with van der Waals surface area (Å²) in [5, 5.41) is 4.42. The third-order valence-corrected chi connectivity index (χ3v) is 4.48. The van der Waals surface area contributed by atoms with Gasteiger partial charge in [-0.25, -0.2) is 4.98 Å². The smallest absolute Gasteiger partial charge is 0.174 e. The zero-order chi connectivity index (χ0) is 18.2. The number of nitrogens with zero attached hydrogens (tertiary/aromatic N) is 2. The molecule has 5 rings (SSSR count). The zero-order valence-corrected chi connectivity index (χ0v) is 16.3. The van der Waals surface area contributed by atoms with E-state index in [1.54, 1.807) is 19.6 Å². The van der Waals surface area contributed by atoms with Crippen molar-refractivity contribution in [1.29, 1.82) is 0 Å². The number of hydrogen-bond donors (Lipinski definition) is 2. The van der Waals surface area contributed by atoms with Crippen LogP contribution in [0.5, 0.6) is 5.75 Å². The molecule has 7 nitrogen and oxygen atoms in total. The number of H-pyrrole nitrogens is 1. The molecule has 0 fully saturated rings. The first kappa shape index (κ1) is 20.2. The lowest BCUT2D eigenvalue weighted by molar-refractivity contribution is 0.415. The number of fused-ring (bicyclic) bond motifs is 3. The molecule has 0 radical (unpaired) electrons. The van der Waals surface area contributed by atoms with Crippen LogP contribution in [0.15, 0.2) is 71.5 Å². The maximum Gasteiger partial charge on any atom is 0.174 e. The molecule has 8 heteroatoms. The Kier molecular flexibility index (Phi) is 5.72. The van der Waals surface area contributed by atoms with Crippen LogP contribution < -0.4 is 10.1 Å². The minimum Gasteiger partial charge on any atom is -0.497 e. The number of aromatic amines is 1. The van der Waals surface area contributed by atoms with E-state index >= 15 is 0 Å². The summed E-state index contributed by atoms with van der Waals surface area (Å²) in [5.74, 6) is 2.22. The van der Waals surface area contributed by atoms with Crippen molar-refractivity contribution in [1.82, 2.24) is 15.0 Å². The molecule has 5 aromatic rings. The van der Waals surface area contributed by atoms with Gasteiger partial charge in [0.2, 0.25) is 0 Å². The normalized spacial score (nSPS) is 10.4. The van der Waals surface area contributed by atoms with Gasteiger partial charge in [-0.2, -0.15) is 0 Å². The van der Waals surface area contributed by atoms with Gasteiger partial charge in [0, 0.05) is 11.9 Å². The predicted octanol–water partition coefficient (Wildman–Crippen LogP) is 4.72. The third kappa shape index (κ3) is 3.61. The molecule has 3 heterocycles. The number of aromatic nitrogens is 3. The van der Waals surface area contributed by atoms with Crippen LogP contribution in [0.1, 0.15) is 0 Å². The van der Waals surface area contributed by atoms with E-state index in [1.807, 2.05) is 54.6 Å². The number of ether oxygens (including phenoxy) is 1. The summed E-state index contributed by atoms with van der Waals surface area (Å²) in [7, 11) is 1.66. The number of anilines is 2. The second-order valence-electron chi connectivity index (χ2n) is 6.13. The molecule has 0 amide bonds. The van der Waals surface area contributed by atoms with Gasteiger partial charge in [-0.3, -0.25) is 4.98 Å². The lowest BCUT2D eigenvalue weighted by atomic mass is 10.1. The van der Waals surface area contributed by atoms with E-state index in [2.05, 4.69) is 15.3 Å². The van der Waals surface area contributed by atoms with Gasteiger partial charge in [-0.15, -0.1) is 12.4 Å². The Morgan fingerprint density at radius 3 is 2.59 bits per heavy atom. The van der Waals surface area contributed by atoms with Crippen LogP contribution in [0, 0.1) is 0 Å². The molecule has 0 aliphatic heterocycles. The number of hydrogen-bond acceptors (Lipinski definition) is 5. The molecule has 0 saturated heterocycles. The second-order valence-corrected chi connectivity index (χ2v) is 6.13. The van der Waals surface area contributed by atoms with Crippen LogP contribution in [0.3, 0.4) is 0 Å². The van der Waals surface area contributed by atoms with E-state index in [1.165, 1.54) is 0 Å². The van der Waals surface area contributed by atoms with Gasteiger partial charge in [-0.05, 0) is 54.6 Å². The summed E-state index contributed by atoms with van der Waals surface area (Å²) in [6.07, 6.45) is 3.43. The maximum atomic E-state index is 5.47. The van der Waals surface area contributed by atoms with Crippen molar-refractivity contribution in [2.75, 3.05) is 12.4 Å². The summed E-state index contributed by atoms with van der Waals surface area (Å²) >= 11 is 0. The number of benzene rings is 2. The molecular formula is C21H19ClN4O3. The first-order chi connectivity index (χ1) is 13.3. The Hall–Kier alpha value is -3.55. The molecule has 29 heavy (non-hydrogen) atoms. The van der Waals surface area contributed by atoms with Crippen LogP contribution in [0.4, 0.5) is 11.4 Å². The Bertz CT molecular complexity index is 1230. The van der Waals surface area contributed by atoms with Crippen molar-refractivity contribution < 1.29 is 14.6 Å². The van der Waals surface area contributed by atoms with E-state index < -0.39 is 0 Å². The van der Waals surface area contributed by atoms with Crippen molar-refractivity contribution >= 4 is 45.7 Å². The van der Waals surface area contributed by atoms with Gasteiger partial charge in [-0.1, -0.05) is 0 Å². The van der Waals surface area contributed by atoms with E-state index in [4.69, 9.17) is 14.1 Å². The summed E-state index contributed by atoms with van der Waals surface area (Å²) < 4.78 is 10.7. The number of rotatable bonds is 4. The Morgan fingerprint density at radius 1 is 1.03 bits per heavy atom. The van der Waals surface area contributed by atoms with Gasteiger partial charge >= 0.3 is 0 Å².